The first-order valence-corrected chi connectivity index (χ1v) is 7.85. The average Bonchev–Trinajstić information content (AvgIpc) is 2.42. The number of carbonyl (C=O) groups is 1. The van der Waals surface area contributed by atoms with Gasteiger partial charge in [0.1, 0.15) is 0 Å². The number of rotatable bonds is 9. The summed E-state index contributed by atoms with van der Waals surface area (Å²) in [7, 11) is 1.72. The topological polar surface area (TPSA) is 29.5 Å². The van der Waals surface area contributed by atoms with Crippen molar-refractivity contribution in [1.29, 1.82) is 0 Å². The molecule has 1 aromatic rings. The van der Waals surface area contributed by atoms with E-state index >= 15 is 0 Å². The largest absolute Gasteiger partial charge is 0.383 e. The van der Waals surface area contributed by atoms with Gasteiger partial charge in [-0.15, -0.1) is 0 Å². The van der Waals surface area contributed by atoms with E-state index in [0.29, 0.717) is 12.5 Å². The molecule has 0 saturated carbocycles. The van der Waals surface area contributed by atoms with E-state index in [1.807, 2.05) is 24.3 Å². The highest BCUT2D eigenvalue weighted by atomic mass is 79.9. The predicted octanol–water partition coefficient (Wildman–Crippen LogP) is 3.77. The van der Waals surface area contributed by atoms with E-state index < -0.39 is 0 Å². The van der Waals surface area contributed by atoms with Crippen LogP contribution in [-0.4, -0.2) is 43.5 Å². The van der Waals surface area contributed by atoms with Gasteiger partial charge in [-0.25, -0.2) is 0 Å². The second-order valence-electron chi connectivity index (χ2n) is 5.16. The van der Waals surface area contributed by atoms with Gasteiger partial charge in [-0.3, -0.25) is 9.69 Å². The minimum absolute atomic E-state index is 0.216. The number of Topliss-reactive ketones (excluding diaryl/α,β-unsaturated/α-hetero) is 1. The third-order valence-corrected chi connectivity index (χ3v) is 3.86. The minimum atomic E-state index is 0.216. The molecule has 0 aromatic heterocycles. The van der Waals surface area contributed by atoms with Crippen molar-refractivity contribution in [3.63, 3.8) is 0 Å². The fraction of sp³-hybridized carbons (Fsp3) is 0.562. The van der Waals surface area contributed by atoms with Gasteiger partial charge in [0.2, 0.25) is 0 Å². The first-order valence-electron chi connectivity index (χ1n) is 7.06. The average molecular weight is 342 g/mol. The van der Waals surface area contributed by atoms with Crippen LogP contribution in [-0.2, 0) is 4.74 Å². The number of halogens is 1. The summed E-state index contributed by atoms with van der Waals surface area (Å²) in [6, 6.07) is 8.04. The normalized spacial score (nSPS) is 11.3. The number of nitrogens with zero attached hydrogens (tertiary/aromatic N) is 1. The highest BCUT2D eigenvalue weighted by molar-refractivity contribution is 9.10. The van der Waals surface area contributed by atoms with Gasteiger partial charge in [0, 0.05) is 36.2 Å². The molecule has 0 radical (unpaired) electrons. The number of ether oxygens (including phenoxy) is 1. The molecular formula is C16H24BrNO2. The molecule has 1 aromatic carbocycles. The van der Waals surface area contributed by atoms with Crippen molar-refractivity contribution in [3.8, 4) is 0 Å². The quantitative estimate of drug-likeness (QED) is 0.640. The van der Waals surface area contributed by atoms with Crippen LogP contribution >= 0.6 is 15.9 Å². The number of hydrogen-bond donors (Lipinski definition) is 0. The molecule has 1 rings (SSSR count). The van der Waals surface area contributed by atoms with E-state index in [2.05, 4.69) is 34.7 Å². The first kappa shape index (κ1) is 17.3. The number of methoxy groups -OCH3 is 1. The highest BCUT2D eigenvalue weighted by Gasteiger charge is 2.11. The molecule has 112 valence electrons. The standard InChI is InChI=1S/C16H24BrNO2/c1-13(2)18(11-12-20-3)10-4-5-16(19)14-6-8-15(17)9-7-14/h6-9,13H,4-5,10-12H2,1-3H3. The molecule has 0 atom stereocenters. The third kappa shape index (κ3) is 6.16. The number of carbonyl (C=O) groups excluding carboxylic acids is 1. The van der Waals surface area contributed by atoms with Gasteiger partial charge in [0.25, 0.3) is 0 Å². The molecule has 0 unspecified atom stereocenters. The summed E-state index contributed by atoms with van der Waals surface area (Å²) in [5.41, 5.74) is 0.793. The van der Waals surface area contributed by atoms with Crippen molar-refractivity contribution < 1.29 is 9.53 Å². The minimum Gasteiger partial charge on any atom is -0.383 e. The zero-order chi connectivity index (χ0) is 15.0. The summed E-state index contributed by atoms with van der Waals surface area (Å²) in [6.07, 6.45) is 1.48. The Kier molecular flexibility index (Phi) is 8.04. The van der Waals surface area contributed by atoms with Crippen LogP contribution in [0.4, 0.5) is 0 Å². The molecule has 3 nitrogen and oxygen atoms in total. The summed E-state index contributed by atoms with van der Waals surface area (Å²) in [4.78, 5) is 14.4. The Morgan fingerprint density at radius 2 is 1.90 bits per heavy atom. The first-order chi connectivity index (χ1) is 9.54. The Morgan fingerprint density at radius 3 is 2.45 bits per heavy atom. The molecule has 0 aliphatic carbocycles. The molecule has 0 bridgehead atoms. The van der Waals surface area contributed by atoms with Gasteiger partial charge in [0.15, 0.2) is 5.78 Å². The highest BCUT2D eigenvalue weighted by Crippen LogP contribution is 2.13. The Labute approximate surface area is 130 Å². The maximum Gasteiger partial charge on any atom is 0.162 e. The van der Waals surface area contributed by atoms with Crippen LogP contribution in [0, 0.1) is 0 Å². The monoisotopic (exact) mass is 341 g/mol. The van der Waals surface area contributed by atoms with E-state index in [1.165, 1.54) is 0 Å². The second-order valence-corrected chi connectivity index (χ2v) is 6.07. The summed E-state index contributed by atoms with van der Waals surface area (Å²) < 4.78 is 6.12. The molecule has 0 saturated heterocycles. The van der Waals surface area contributed by atoms with E-state index in [9.17, 15) is 4.79 Å². The second kappa shape index (κ2) is 9.27. The van der Waals surface area contributed by atoms with Crippen LogP contribution in [0.15, 0.2) is 28.7 Å². The van der Waals surface area contributed by atoms with Gasteiger partial charge >= 0.3 is 0 Å². The molecule has 0 N–H and O–H groups in total. The number of hydrogen-bond acceptors (Lipinski definition) is 3. The van der Waals surface area contributed by atoms with Gasteiger partial charge in [0.05, 0.1) is 6.61 Å². The molecule has 0 aliphatic rings. The SMILES string of the molecule is COCCN(CCCC(=O)c1ccc(Br)cc1)C(C)C. The maximum atomic E-state index is 12.1. The summed E-state index contributed by atoms with van der Waals surface area (Å²) in [5.74, 6) is 0.216. The van der Waals surface area contributed by atoms with Crippen LogP contribution in [0.25, 0.3) is 0 Å². The molecular weight excluding hydrogens is 318 g/mol. The van der Waals surface area contributed by atoms with Crippen LogP contribution < -0.4 is 0 Å². The van der Waals surface area contributed by atoms with Crippen molar-refractivity contribution in [2.75, 3.05) is 26.8 Å². The Bertz CT molecular complexity index is 403. The zero-order valence-corrected chi connectivity index (χ0v) is 14.1. The lowest BCUT2D eigenvalue weighted by Gasteiger charge is -2.25. The summed E-state index contributed by atoms with van der Waals surface area (Å²) in [5, 5.41) is 0. The number of ketones is 1. The molecule has 0 spiro atoms. The van der Waals surface area contributed by atoms with Crippen molar-refractivity contribution in [1.82, 2.24) is 4.90 Å². The molecule has 4 heteroatoms. The fourth-order valence-electron chi connectivity index (χ4n) is 2.06. The Morgan fingerprint density at radius 1 is 1.25 bits per heavy atom. The molecule has 0 fully saturated rings. The van der Waals surface area contributed by atoms with Crippen LogP contribution in [0.5, 0.6) is 0 Å². The Balaban J connectivity index is 2.38. The molecule has 0 aliphatic heterocycles. The van der Waals surface area contributed by atoms with Crippen molar-refractivity contribution in [3.05, 3.63) is 34.3 Å². The smallest absolute Gasteiger partial charge is 0.162 e. The van der Waals surface area contributed by atoms with Gasteiger partial charge in [-0.1, -0.05) is 28.1 Å². The Hall–Kier alpha value is -0.710. The zero-order valence-electron chi connectivity index (χ0n) is 12.6. The molecule has 0 amide bonds. The van der Waals surface area contributed by atoms with Crippen molar-refractivity contribution in [2.24, 2.45) is 0 Å². The summed E-state index contributed by atoms with van der Waals surface area (Å²) >= 11 is 3.38. The van der Waals surface area contributed by atoms with Gasteiger partial charge < -0.3 is 4.74 Å². The third-order valence-electron chi connectivity index (χ3n) is 3.33. The van der Waals surface area contributed by atoms with Gasteiger partial charge in [-0.2, -0.15) is 0 Å². The maximum absolute atomic E-state index is 12.1. The lowest BCUT2D eigenvalue weighted by molar-refractivity contribution is 0.0961. The fourth-order valence-corrected chi connectivity index (χ4v) is 2.32. The van der Waals surface area contributed by atoms with E-state index in [1.54, 1.807) is 7.11 Å². The lowest BCUT2D eigenvalue weighted by Crippen LogP contribution is -2.34. The van der Waals surface area contributed by atoms with Crippen LogP contribution in [0.1, 0.15) is 37.0 Å². The lowest BCUT2D eigenvalue weighted by atomic mass is 10.1. The molecule has 0 heterocycles. The van der Waals surface area contributed by atoms with Crippen molar-refractivity contribution in [2.45, 2.75) is 32.7 Å². The van der Waals surface area contributed by atoms with E-state index in [4.69, 9.17) is 4.74 Å². The number of benzene rings is 1. The predicted molar refractivity (Wildman–Crippen MR) is 86.3 cm³/mol. The van der Waals surface area contributed by atoms with E-state index in [0.717, 1.165) is 36.2 Å². The van der Waals surface area contributed by atoms with Crippen LogP contribution in [0.3, 0.4) is 0 Å². The van der Waals surface area contributed by atoms with E-state index in [-0.39, 0.29) is 5.78 Å². The van der Waals surface area contributed by atoms with Gasteiger partial charge in [-0.05, 0) is 38.9 Å². The van der Waals surface area contributed by atoms with Crippen molar-refractivity contribution >= 4 is 21.7 Å². The summed E-state index contributed by atoms with van der Waals surface area (Å²) in [6.45, 7) is 6.93. The van der Waals surface area contributed by atoms with Crippen LogP contribution in [0.2, 0.25) is 0 Å². The molecule has 20 heavy (non-hydrogen) atoms.